The summed E-state index contributed by atoms with van der Waals surface area (Å²) in [5.74, 6) is 1.19. The summed E-state index contributed by atoms with van der Waals surface area (Å²) in [7, 11) is 0. The van der Waals surface area contributed by atoms with Gasteiger partial charge < -0.3 is 15.0 Å². The molecular weight excluding hydrogens is 436 g/mol. The van der Waals surface area contributed by atoms with E-state index >= 15 is 0 Å². The van der Waals surface area contributed by atoms with Crippen LogP contribution in [-0.4, -0.2) is 35.9 Å². The van der Waals surface area contributed by atoms with Crippen molar-refractivity contribution < 1.29 is 14.3 Å². The van der Waals surface area contributed by atoms with E-state index in [1.165, 1.54) is 18.4 Å². The summed E-state index contributed by atoms with van der Waals surface area (Å²) in [6.07, 6.45) is 2.57. The summed E-state index contributed by atoms with van der Waals surface area (Å²) in [4.78, 5) is 28.1. The molecule has 35 heavy (non-hydrogen) atoms. The topological polar surface area (TPSA) is 58.6 Å². The number of fused-ring (bicyclic) bond motifs is 1. The molecule has 1 saturated carbocycles. The van der Waals surface area contributed by atoms with Crippen molar-refractivity contribution in [2.45, 2.75) is 45.3 Å². The normalized spacial score (nSPS) is 17.9. The first-order valence-corrected chi connectivity index (χ1v) is 12.5. The van der Waals surface area contributed by atoms with Gasteiger partial charge in [0, 0.05) is 18.7 Å². The van der Waals surface area contributed by atoms with Gasteiger partial charge in [0.1, 0.15) is 5.75 Å². The number of nitrogens with one attached hydrogen (secondary N) is 1. The largest absolute Gasteiger partial charge is 0.481 e. The van der Waals surface area contributed by atoms with Crippen LogP contribution in [-0.2, 0) is 11.2 Å². The molecule has 2 aliphatic rings. The molecule has 1 aliphatic heterocycles. The third-order valence-electron chi connectivity index (χ3n) is 6.93. The van der Waals surface area contributed by atoms with Gasteiger partial charge in [-0.05, 0) is 80.0 Å². The summed E-state index contributed by atoms with van der Waals surface area (Å²) < 4.78 is 6.07. The zero-order valence-corrected chi connectivity index (χ0v) is 20.4. The lowest BCUT2D eigenvalue weighted by atomic mass is 9.87. The Labute approximate surface area is 207 Å². The third kappa shape index (κ3) is 5.24. The van der Waals surface area contributed by atoms with Crippen molar-refractivity contribution in [2.24, 2.45) is 5.92 Å². The predicted octanol–water partition coefficient (Wildman–Crippen LogP) is 5.08. The number of ether oxygens (including phenoxy) is 1. The lowest BCUT2D eigenvalue weighted by molar-refractivity contribution is -0.127. The van der Waals surface area contributed by atoms with E-state index in [1.54, 1.807) is 6.92 Å². The van der Waals surface area contributed by atoms with Crippen LogP contribution in [0.4, 0.5) is 0 Å². The molecule has 1 N–H and O–H groups in total. The maximum absolute atomic E-state index is 13.6. The van der Waals surface area contributed by atoms with Crippen LogP contribution in [0.1, 0.15) is 58.4 Å². The molecule has 0 bridgehead atoms. The molecular formula is C30H32N2O3. The first-order chi connectivity index (χ1) is 17.0. The number of carbonyl (C=O) groups excluding carboxylic acids is 2. The highest BCUT2D eigenvalue weighted by Crippen LogP contribution is 2.38. The van der Waals surface area contributed by atoms with E-state index in [0.717, 1.165) is 29.7 Å². The van der Waals surface area contributed by atoms with Gasteiger partial charge in [0.25, 0.3) is 11.8 Å². The van der Waals surface area contributed by atoms with Crippen LogP contribution in [0, 0.1) is 12.8 Å². The second-order valence-corrected chi connectivity index (χ2v) is 9.74. The quantitative estimate of drug-likeness (QED) is 0.526. The Bertz CT molecular complexity index is 1220. The van der Waals surface area contributed by atoms with E-state index in [1.807, 2.05) is 53.4 Å². The lowest BCUT2D eigenvalue weighted by Gasteiger charge is -2.38. The number of hydrogen-bond donors (Lipinski definition) is 1. The van der Waals surface area contributed by atoms with Crippen LogP contribution in [0.25, 0.3) is 0 Å². The highest BCUT2D eigenvalue weighted by molar-refractivity contribution is 5.95. The molecule has 1 fully saturated rings. The lowest BCUT2D eigenvalue weighted by Crippen LogP contribution is -2.40. The summed E-state index contributed by atoms with van der Waals surface area (Å²) in [6.45, 7) is 5.21. The van der Waals surface area contributed by atoms with Crippen LogP contribution in [0.15, 0.2) is 72.8 Å². The van der Waals surface area contributed by atoms with Gasteiger partial charge in [-0.1, -0.05) is 54.1 Å². The standard InChI is InChI=1S/C30H32N2O3/c1-20-7-6-10-25(17-20)28-27-18-26(35-21(2)29(33)31-19-22-11-12-22)14-13-23(27)15-16-32(28)30(34)24-8-4-3-5-9-24/h3-10,13-14,17-18,21-22,28H,11-12,15-16,19H2,1-2H3,(H,31,33)/t21-,28-/m1/s1. The number of rotatable bonds is 7. The molecule has 0 spiro atoms. The van der Waals surface area contributed by atoms with E-state index < -0.39 is 6.10 Å². The number of aryl methyl sites for hydroxylation is 1. The summed E-state index contributed by atoms with van der Waals surface area (Å²) in [5, 5.41) is 2.99. The Morgan fingerprint density at radius 3 is 2.57 bits per heavy atom. The molecule has 0 aromatic heterocycles. The minimum atomic E-state index is -0.588. The molecule has 5 heteroatoms. The zero-order valence-electron chi connectivity index (χ0n) is 20.4. The molecule has 180 valence electrons. The predicted molar refractivity (Wildman–Crippen MR) is 136 cm³/mol. The summed E-state index contributed by atoms with van der Waals surface area (Å²) in [6, 6.07) is 23.6. The Morgan fingerprint density at radius 2 is 1.83 bits per heavy atom. The highest BCUT2D eigenvalue weighted by atomic mass is 16.5. The van der Waals surface area contributed by atoms with Gasteiger partial charge in [-0.3, -0.25) is 9.59 Å². The highest BCUT2D eigenvalue weighted by Gasteiger charge is 2.33. The Hall–Kier alpha value is -3.60. The van der Waals surface area contributed by atoms with Gasteiger partial charge in [-0.15, -0.1) is 0 Å². The van der Waals surface area contributed by atoms with Crippen molar-refractivity contribution in [1.82, 2.24) is 10.2 Å². The average Bonchev–Trinajstić information content (AvgIpc) is 3.71. The molecule has 5 nitrogen and oxygen atoms in total. The molecule has 0 saturated heterocycles. The van der Waals surface area contributed by atoms with E-state index in [4.69, 9.17) is 4.74 Å². The molecule has 0 radical (unpaired) electrons. The molecule has 0 unspecified atom stereocenters. The molecule has 1 heterocycles. The summed E-state index contributed by atoms with van der Waals surface area (Å²) >= 11 is 0. The first-order valence-electron chi connectivity index (χ1n) is 12.5. The van der Waals surface area contributed by atoms with Gasteiger partial charge in [0.05, 0.1) is 6.04 Å². The van der Waals surface area contributed by atoms with Crippen molar-refractivity contribution in [2.75, 3.05) is 13.1 Å². The number of hydrogen-bond acceptors (Lipinski definition) is 3. The van der Waals surface area contributed by atoms with E-state index in [2.05, 4.69) is 36.5 Å². The Kier molecular flexibility index (Phi) is 6.58. The van der Waals surface area contributed by atoms with Crippen LogP contribution in [0.5, 0.6) is 5.75 Å². The van der Waals surface area contributed by atoms with Crippen LogP contribution in [0.2, 0.25) is 0 Å². The molecule has 5 rings (SSSR count). The van der Waals surface area contributed by atoms with Crippen molar-refractivity contribution in [1.29, 1.82) is 0 Å². The van der Waals surface area contributed by atoms with Crippen LogP contribution < -0.4 is 10.1 Å². The minimum Gasteiger partial charge on any atom is -0.481 e. The van der Waals surface area contributed by atoms with E-state index in [9.17, 15) is 9.59 Å². The first kappa shape index (κ1) is 23.2. The zero-order chi connectivity index (χ0) is 24.4. The fraction of sp³-hybridized carbons (Fsp3) is 0.333. The average molecular weight is 469 g/mol. The molecule has 3 aromatic carbocycles. The fourth-order valence-corrected chi connectivity index (χ4v) is 4.80. The van der Waals surface area contributed by atoms with E-state index in [0.29, 0.717) is 23.8 Å². The van der Waals surface area contributed by atoms with Gasteiger partial charge in [-0.25, -0.2) is 0 Å². The fourth-order valence-electron chi connectivity index (χ4n) is 4.80. The van der Waals surface area contributed by atoms with Crippen molar-refractivity contribution in [3.05, 3.63) is 101 Å². The Morgan fingerprint density at radius 1 is 1.03 bits per heavy atom. The van der Waals surface area contributed by atoms with Gasteiger partial charge in [0.15, 0.2) is 6.10 Å². The van der Waals surface area contributed by atoms with Crippen molar-refractivity contribution >= 4 is 11.8 Å². The number of amides is 2. The maximum atomic E-state index is 13.6. The summed E-state index contributed by atoms with van der Waals surface area (Å²) in [5.41, 5.74) is 5.15. The molecule has 3 aromatic rings. The number of nitrogens with zero attached hydrogens (tertiary/aromatic N) is 1. The molecule has 1 aliphatic carbocycles. The van der Waals surface area contributed by atoms with Gasteiger partial charge in [0.2, 0.25) is 0 Å². The molecule has 2 amide bonds. The second-order valence-electron chi connectivity index (χ2n) is 9.74. The maximum Gasteiger partial charge on any atom is 0.260 e. The third-order valence-corrected chi connectivity index (χ3v) is 6.93. The minimum absolute atomic E-state index is 0.0156. The second kappa shape index (κ2) is 9.95. The Balaban J connectivity index is 1.46. The number of benzene rings is 3. The number of carbonyl (C=O) groups is 2. The van der Waals surface area contributed by atoms with Crippen LogP contribution in [0.3, 0.4) is 0 Å². The van der Waals surface area contributed by atoms with Crippen molar-refractivity contribution in [3.8, 4) is 5.75 Å². The monoisotopic (exact) mass is 468 g/mol. The smallest absolute Gasteiger partial charge is 0.260 e. The molecule has 2 atom stereocenters. The van der Waals surface area contributed by atoms with E-state index in [-0.39, 0.29) is 17.9 Å². The van der Waals surface area contributed by atoms with Gasteiger partial charge in [-0.2, -0.15) is 0 Å². The van der Waals surface area contributed by atoms with Crippen molar-refractivity contribution in [3.63, 3.8) is 0 Å². The SMILES string of the molecule is Cc1cccc([C@@H]2c3cc(O[C@H](C)C(=O)NCC4CC4)ccc3CCN2C(=O)c2ccccc2)c1. The van der Waals surface area contributed by atoms with Gasteiger partial charge >= 0.3 is 0 Å². The van der Waals surface area contributed by atoms with Crippen LogP contribution >= 0.6 is 0 Å².